The monoisotopic (exact) mass is 196 g/mol. The van der Waals surface area contributed by atoms with Crippen molar-refractivity contribution < 1.29 is 9.90 Å². The van der Waals surface area contributed by atoms with Gasteiger partial charge in [-0.2, -0.15) is 0 Å². The van der Waals surface area contributed by atoms with Gasteiger partial charge >= 0.3 is 5.97 Å². The third-order valence-electron chi connectivity index (χ3n) is 2.62. The van der Waals surface area contributed by atoms with Crippen molar-refractivity contribution in [1.82, 2.24) is 0 Å². The highest BCUT2D eigenvalue weighted by atomic mass is 16.4. The number of carboxylic acids is 1. The van der Waals surface area contributed by atoms with Crippen LogP contribution in [0.15, 0.2) is 0 Å². The van der Waals surface area contributed by atoms with E-state index in [1.165, 1.54) is 0 Å². The molecule has 0 aliphatic rings. The SMILES string of the molecule is CC#CC(C)(CC)CC(C)(C)C(=O)O. The molecule has 0 saturated carbocycles. The lowest BCUT2D eigenvalue weighted by Gasteiger charge is -2.30. The van der Waals surface area contributed by atoms with Gasteiger partial charge in [-0.1, -0.05) is 12.8 Å². The van der Waals surface area contributed by atoms with E-state index >= 15 is 0 Å². The first kappa shape index (κ1) is 13.0. The molecule has 1 N–H and O–H groups in total. The van der Waals surface area contributed by atoms with Gasteiger partial charge in [0.25, 0.3) is 0 Å². The Balaban J connectivity index is 4.75. The van der Waals surface area contributed by atoms with E-state index in [0.717, 1.165) is 6.42 Å². The number of hydrogen-bond donors (Lipinski definition) is 1. The van der Waals surface area contributed by atoms with Gasteiger partial charge in [0, 0.05) is 5.41 Å². The summed E-state index contributed by atoms with van der Waals surface area (Å²) >= 11 is 0. The van der Waals surface area contributed by atoms with Crippen LogP contribution in [0.2, 0.25) is 0 Å². The van der Waals surface area contributed by atoms with Gasteiger partial charge in [-0.05, 0) is 40.5 Å². The Morgan fingerprint density at radius 3 is 2.14 bits per heavy atom. The van der Waals surface area contributed by atoms with Gasteiger partial charge in [0.2, 0.25) is 0 Å². The molecule has 80 valence electrons. The summed E-state index contributed by atoms with van der Waals surface area (Å²) < 4.78 is 0. The zero-order chi connectivity index (χ0) is 11.4. The minimum Gasteiger partial charge on any atom is -0.481 e. The summed E-state index contributed by atoms with van der Waals surface area (Å²) in [6.07, 6.45) is 1.47. The largest absolute Gasteiger partial charge is 0.481 e. The summed E-state index contributed by atoms with van der Waals surface area (Å²) in [6.45, 7) is 9.36. The topological polar surface area (TPSA) is 37.3 Å². The summed E-state index contributed by atoms with van der Waals surface area (Å²) in [6, 6.07) is 0. The number of rotatable bonds is 4. The molecule has 2 nitrogen and oxygen atoms in total. The fourth-order valence-corrected chi connectivity index (χ4v) is 1.61. The Morgan fingerprint density at radius 1 is 1.36 bits per heavy atom. The third-order valence-corrected chi connectivity index (χ3v) is 2.62. The highest BCUT2D eigenvalue weighted by Gasteiger charge is 2.35. The Labute approximate surface area is 86.7 Å². The first-order chi connectivity index (χ1) is 6.27. The lowest BCUT2D eigenvalue weighted by molar-refractivity contribution is -0.148. The molecule has 0 bridgehead atoms. The molecular formula is C12H20O2. The van der Waals surface area contributed by atoms with Crippen molar-refractivity contribution in [3.8, 4) is 11.8 Å². The molecule has 0 spiro atoms. The molecule has 1 atom stereocenters. The average Bonchev–Trinajstić information content (AvgIpc) is 2.03. The van der Waals surface area contributed by atoms with E-state index in [4.69, 9.17) is 5.11 Å². The van der Waals surface area contributed by atoms with Crippen LogP contribution >= 0.6 is 0 Å². The molecule has 0 aromatic carbocycles. The lowest BCUT2D eigenvalue weighted by Crippen LogP contribution is -2.30. The summed E-state index contributed by atoms with van der Waals surface area (Å²) in [5.74, 6) is 5.23. The predicted octanol–water partition coefficient (Wildman–Crippen LogP) is 2.93. The smallest absolute Gasteiger partial charge is 0.309 e. The molecule has 0 amide bonds. The molecule has 0 aliphatic heterocycles. The Hall–Kier alpha value is -0.970. The van der Waals surface area contributed by atoms with Crippen LogP contribution in [0.3, 0.4) is 0 Å². The maximum atomic E-state index is 11.0. The standard InChI is InChI=1S/C12H20O2/c1-6-8-12(5,7-2)9-11(3,4)10(13)14/h7,9H2,1-5H3,(H,13,14). The minimum absolute atomic E-state index is 0.184. The molecule has 14 heavy (non-hydrogen) atoms. The van der Waals surface area contributed by atoms with Crippen molar-refractivity contribution >= 4 is 5.97 Å². The second kappa shape index (κ2) is 4.50. The van der Waals surface area contributed by atoms with Crippen molar-refractivity contribution in [3.05, 3.63) is 0 Å². The molecule has 1 unspecified atom stereocenters. The summed E-state index contributed by atoms with van der Waals surface area (Å²) in [7, 11) is 0. The van der Waals surface area contributed by atoms with E-state index in [2.05, 4.69) is 11.8 Å². The third kappa shape index (κ3) is 3.41. The highest BCUT2D eigenvalue weighted by Crippen LogP contribution is 2.36. The van der Waals surface area contributed by atoms with Crippen LogP contribution in [0.25, 0.3) is 0 Å². The Bertz CT molecular complexity index is 268. The van der Waals surface area contributed by atoms with Crippen LogP contribution in [-0.2, 0) is 4.79 Å². The fraction of sp³-hybridized carbons (Fsp3) is 0.750. The molecule has 2 heteroatoms. The maximum Gasteiger partial charge on any atom is 0.309 e. The number of carbonyl (C=O) groups is 1. The summed E-state index contributed by atoms with van der Waals surface area (Å²) in [5.41, 5.74) is -0.884. The minimum atomic E-state index is -0.755. The van der Waals surface area contributed by atoms with Gasteiger partial charge < -0.3 is 5.11 Å². The molecule has 0 radical (unpaired) electrons. The summed E-state index contributed by atoms with van der Waals surface area (Å²) in [5, 5.41) is 9.02. The Kier molecular flexibility index (Phi) is 4.19. The van der Waals surface area contributed by atoms with E-state index in [0.29, 0.717) is 6.42 Å². The zero-order valence-corrected chi connectivity index (χ0v) is 9.77. The molecule has 0 aromatic rings. The van der Waals surface area contributed by atoms with Crippen molar-refractivity contribution in [2.45, 2.75) is 47.5 Å². The van der Waals surface area contributed by atoms with Crippen molar-refractivity contribution in [3.63, 3.8) is 0 Å². The second-order valence-corrected chi connectivity index (χ2v) is 4.66. The molecule has 0 aliphatic carbocycles. The van der Waals surface area contributed by atoms with Crippen LogP contribution < -0.4 is 0 Å². The lowest BCUT2D eigenvalue weighted by atomic mass is 9.73. The van der Waals surface area contributed by atoms with E-state index in [1.54, 1.807) is 20.8 Å². The second-order valence-electron chi connectivity index (χ2n) is 4.66. The van der Waals surface area contributed by atoms with Gasteiger partial charge in [0.1, 0.15) is 0 Å². The normalized spacial score (nSPS) is 15.2. The van der Waals surface area contributed by atoms with Crippen molar-refractivity contribution in [2.75, 3.05) is 0 Å². The number of aliphatic carboxylic acids is 1. The van der Waals surface area contributed by atoms with Crippen molar-refractivity contribution in [1.29, 1.82) is 0 Å². The van der Waals surface area contributed by atoms with E-state index in [-0.39, 0.29) is 5.41 Å². The van der Waals surface area contributed by atoms with E-state index < -0.39 is 11.4 Å². The van der Waals surface area contributed by atoms with Crippen LogP contribution in [0.4, 0.5) is 0 Å². The molecule has 0 fully saturated rings. The molecule has 0 rings (SSSR count). The Morgan fingerprint density at radius 2 is 1.86 bits per heavy atom. The highest BCUT2D eigenvalue weighted by molar-refractivity contribution is 5.73. The van der Waals surface area contributed by atoms with Gasteiger partial charge in [-0.25, -0.2) is 0 Å². The number of carboxylic acid groups (broad SMARTS) is 1. The zero-order valence-electron chi connectivity index (χ0n) is 9.77. The van der Waals surface area contributed by atoms with Crippen molar-refractivity contribution in [2.24, 2.45) is 10.8 Å². The first-order valence-corrected chi connectivity index (χ1v) is 4.95. The molecule has 0 aromatic heterocycles. The molecule has 0 heterocycles. The van der Waals surface area contributed by atoms with Gasteiger partial charge in [-0.15, -0.1) is 5.92 Å². The van der Waals surface area contributed by atoms with Gasteiger partial charge in [0.15, 0.2) is 0 Å². The average molecular weight is 196 g/mol. The molecule has 0 saturated heterocycles. The van der Waals surface area contributed by atoms with Crippen LogP contribution in [0, 0.1) is 22.7 Å². The van der Waals surface area contributed by atoms with Crippen LogP contribution in [0.1, 0.15) is 47.5 Å². The quantitative estimate of drug-likeness (QED) is 0.702. The van der Waals surface area contributed by atoms with Gasteiger partial charge in [0.05, 0.1) is 5.41 Å². The van der Waals surface area contributed by atoms with Gasteiger partial charge in [-0.3, -0.25) is 4.79 Å². The fourth-order valence-electron chi connectivity index (χ4n) is 1.61. The van der Waals surface area contributed by atoms with E-state index in [1.807, 2.05) is 13.8 Å². The predicted molar refractivity (Wildman–Crippen MR) is 57.9 cm³/mol. The van der Waals surface area contributed by atoms with Crippen LogP contribution in [0.5, 0.6) is 0 Å². The number of hydrogen-bond acceptors (Lipinski definition) is 1. The van der Waals surface area contributed by atoms with Crippen LogP contribution in [-0.4, -0.2) is 11.1 Å². The maximum absolute atomic E-state index is 11.0. The summed E-state index contributed by atoms with van der Waals surface area (Å²) in [4.78, 5) is 11.0. The molecular weight excluding hydrogens is 176 g/mol. The first-order valence-electron chi connectivity index (χ1n) is 4.95. The van der Waals surface area contributed by atoms with E-state index in [9.17, 15) is 4.79 Å².